The molecule has 0 fully saturated rings. The molecule has 100 valence electrons. The van der Waals surface area contributed by atoms with Gasteiger partial charge in [0, 0.05) is 6.42 Å². The zero-order valence-electron chi connectivity index (χ0n) is 10.2. The van der Waals surface area contributed by atoms with E-state index >= 15 is 0 Å². The van der Waals surface area contributed by atoms with Gasteiger partial charge in [0.2, 0.25) is 10.0 Å². The van der Waals surface area contributed by atoms with Gasteiger partial charge in [-0.2, -0.15) is 20.9 Å². The minimum Gasteiger partial charge on any atom is -0.463 e. The van der Waals surface area contributed by atoms with E-state index in [0.29, 0.717) is 17.9 Å². The number of hydrazone groups is 1. The molecule has 0 bridgehead atoms. The summed E-state index contributed by atoms with van der Waals surface area (Å²) in [6, 6.07) is 5.20. The number of sulfonamides is 1. The highest BCUT2D eigenvalue weighted by molar-refractivity contribution is 7.88. The molecule has 2 aromatic heterocycles. The first kappa shape index (κ1) is 12.4. The van der Waals surface area contributed by atoms with Crippen molar-refractivity contribution >= 4 is 27.1 Å². The van der Waals surface area contributed by atoms with Gasteiger partial charge in [-0.05, 0) is 34.5 Å². The van der Waals surface area contributed by atoms with Crippen molar-refractivity contribution in [2.75, 3.05) is 6.26 Å². The van der Waals surface area contributed by atoms with Crippen molar-refractivity contribution in [2.24, 2.45) is 5.10 Å². The van der Waals surface area contributed by atoms with Gasteiger partial charge in [-0.3, -0.25) is 0 Å². The Morgan fingerprint density at radius 3 is 2.89 bits per heavy atom. The molecule has 0 aromatic carbocycles. The Kier molecular flexibility index (Phi) is 2.94. The van der Waals surface area contributed by atoms with Crippen LogP contribution in [0.2, 0.25) is 0 Å². The monoisotopic (exact) mass is 296 g/mol. The van der Waals surface area contributed by atoms with Gasteiger partial charge in [-0.25, -0.2) is 8.42 Å². The third-order valence-electron chi connectivity index (χ3n) is 2.95. The molecular formula is C12H12N2O3S2. The summed E-state index contributed by atoms with van der Waals surface area (Å²) < 4.78 is 30.2. The van der Waals surface area contributed by atoms with Crippen LogP contribution in [0.4, 0.5) is 0 Å². The van der Waals surface area contributed by atoms with E-state index in [1.807, 2.05) is 16.8 Å². The zero-order valence-corrected chi connectivity index (χ0v) is 11.8. The van der Waals surface area contributed by atoms with Crippen molar-refractivity contribution in [3.8, 4) is 0 Å². The largest absolute Gasteiger partial charge is 0.463 e. The van der Waals surface area contributed by atoms with Gasteiger partial charge in [-0.1, -0.05) is 0 Å². The van der Waals surface area contributed by atoms with Crippen LogP contribution in [0.3, 0.4) is 0 Å². The van der Waals surface area contributed by atoms with E-state index in [2.05, 4.69) is 5.10 Å². The lowest BCUT2D eigenvalue weighted by Gasteiger charge is -2.19. The Bertz CT molecular complexity index is 687. The molecule has 0 aliphatic carbocycles. The smallest absolute Gasteiger partial charge is 0.247 e. The van der Waals surface area contributed by atoms with E-state index in [1.54, 1.807) is 29.7 Å². The van der Waals surface area contributed by atoms with E-state index in [-0.39, 0.29) is 6.04 Å². The lowest BCUT2D eigenvalue weighted by molar-refractivity contribution is 0.375. The summed E-state index contributed by atoms with van der Waals surface area (Å²) in [6.45, 7) is 0. The first-order valence-electron chi connectivity index (χ1n) is 5.68. The van der Waals surface area contributed by atoms with E-state index in [9.17, 15) is 8.42 Å². The molecule has 2 aromatic rings. The molecule has 0 saturated carbocycles. The maximum Gasteiger partial charge on any atom is 0.247 e. The molecule has 0 spiro atoms. The average Bonchev–Trinajstić information content (AvgIpc) is 3.09. The molecule has 19 heavy (non-hydrogen) atoms. The van der Waals surface area contributed by atoms with Crippen LogP contribution in [0.5, 0.6) is 0 Å². The minimum absolute atomic E-state index is 0.277. The van der Waals surface area contributed by atoms with E-state index in [1.165, 1.54) is 10.7 Å². The van der Waals surface area contributed by atoms with Crippen LogP contribution in [0.25, 0.3) is 0 Å². The molecule has 0 amide bonds. The molecule has 0 unspecified atom stereocenters. The van der Waals surface area contributed by atoms with Crippen molar-refractivity contribution in [1.29, 1.82) is 0 Å². The molecule has 0 N–H and O–H groups in total. The van der Waals surface area contributed by atoms with Gasteiger partial charge in [0.1, 0.15) is 11.5 Å². The van der Waals surface area contributed by atoms with Crippen LogP contribution >= 0.6 is 11.3 Å². The Labute approximate surface area is 115 Å². The predicted molar refractivity (Wildman–Crippen MR) is 73.6 cm³/mol. The van der Waals surface area contributed by atoms with Crippen LogP contribution in [0.15, 0.2) is 44.7 Å². The highest BCUT2D eigenvalue weighted by Gasteiger charge is 2.35. The van der Waals surface area contributed by atoms with Gasteiger partial charge in [0.25, 0.3) is 0 Å². The van der Waals surface area contributed by atoms with Crippen LogP contribution in [0.1, 0.15) is 23.8 Å². The number of hydrogen-bond acceptors (Lipinski definition) is 5. The van der Waals surface area contributed by atoms with Crippen LogP contribution in [-0.4, -0.2) is 24.8 Å². The number of furan rings is 1. The summed E-state index contributed by atoms with van der Waals surface area (Å²) in [5, 5.41) is 8.09. The number of hydrogen-bond donors (Lipinski definition) is 0. The fraction of sp³-hybridized carbons (Fsp3) is 0.250. The molecule has 0 radical (unpaired) electrons. The fourth-order valence-electron chi connectivity index (χ4n) is 2.10. The molecule has 1 aliphatic heterocycles. The SMILES string of the molecule is CS(=O)(=O)N1N=C(c2ccco2)C[C@H]1c1ccsc1. The first-order valence-corrected chi connectivity index (χ1v) is 8.47. The molecule has 1 aliphatic rings. The zero-order chi connectivity index (χ0) is 13.5. The summed E-state index contributed by atoms with van der Waals surface area (Å²) in [5.74, 6) is 0.617. The maximum atomic E-state index is 11.8. The minimum atomic E-state index is -3.39. The molecule has 7 heteroatoms. The second-order valence-electron chi connectivity index (χ2n) is 4.34. The first-order chi connectivity index (χ1) is 9.05. The summed E-state index contributed by atoms with van der Waals surface area (Å²) in [4.78, 5) is 0. The van der Waals surface area contributed by atoms with E-state index in [4.69, 9.17) is 4.42 Å². The molecule has 3 heterocycles. The topological polar surface area (TPSA) is 62.9 Å². The fourth-order valence-corrected chi connectivity index (χ4v) is 3.71. The number of nitrogens with zero attached hydrogens (tertiary/aromatic N) is 2. The third kappa shape index (κ3) is 2.31. The molecule has 5 nitrogen and oxygen atoms in total. The molecule has 3 rings (SSSR count). The van der Waals surface area contributed by atoms with Gasteiger partial charge in [0.15, 0.2) is 0 Å². The van der Waals surface area contributed by atoms with Gasteiger partial charge < -0.3 is 4.42 Å². The quantitative estimate of drug-likeness (QED) is 0.874. The highest BCUT2D eigenvalue weighted by Crippen LogP contribution is 2.35. The van der Waals surface area contributed by atoms with Crippen molar-refractivity contribution in [1.82, 2.24) is 4.41 Å². The second-order valence-corrected chi connectivity index (χ2v) is 6.96. The number of thiophene rings is 1. The molecule has 1 atom stereocenters. The van der Waals surface area contributed by atoms with Gasteiger partial charge in [0.05, 0.1) is 18.6 Å². The van der Waals surface area contributed by atoms with Crippen molar-refractivity contribution in [2.45, 2.75) is 12.5 Å². The molecular weight excluding hydrogens is 284 g/mol. The lowest BCUT2D eigenvalue weighted by Crippen LogP contribution is -2.25. The van der Waals surface area contributed by atoms with Crippen LogP contribution in [0, 0.1) is 0 Å². The van der Waals surface area contributed by atoms with Crippen LogP contribution < -0.4 is 0 Å². The maximum absolute atomic E-state index is 11.8. The standard InChI is InChI=1S/C12H12N2O3S2/c1-19(15,16)14-11(9-4-6-18-8-9)7-10(13-14)12-3-2-5-17-12/h2-6,8,11H,7H2,1H3/t11-/m0/s1. The third-order valence-corrected chi connectivity index (χ3v) is 4.66. The van der Waals surface area contributed by atoms with Gasteiger partial charge in [-0.15, -0.1) is 0 Å². The predicted octanol–water partition coefficient (Wildman–Crippen LogP) is 2.45. The van der Waals surface area contributed by atoms with Crippen LogP contribution in [-0.2, 0) is 10.0 Å². The van der Waals surface area contributed by atoms with Crippen molar-refractivity contribution in [3.05, 3.63) is 46.5 Å². The Balaban J connectivity index is 2.00. The summed E-state index contributed by atoms with van der Waals surface area (Å²) in [6.07, 6.45) is 3.25. The Morgan fingerprint density at radius 1 is 1.47 bits per heavy atom. The van der Waals surface area contributed by atoms with Crippen molar-refractivity contribution < 1.29 is 12.8 Å². The van der Waals surface area contributed by atoms with E-state index < -0.39 is 10.0 Å². The van der Waals surface area contributed by atoms with Crippen molar-refractivity contribution in [3.63, 3.8) is 0 Å². The average molecular weight is 296 g/mol. The lowest BCUT2D eigenvalue weighted by atomic mass is 10.1. The summed E-state index contributed by atoms with van der Waals surface area (Å²) in [7, 11) is -3.39. The Morgan fingerprint density at radius 2 is 2.32 bits per heavy atom. The van der Waals surface area contributed by atoms with Gasteiger partial charge >= 0.3 is 0 Å². The Hall–Kier alpha value is -1.60. The number of rotatable bonds is 3. The normalized spacial score (nSPS) is 19.7. The van der Waals surface area contributed by atoms with E-state index in [0.717, 1.165) is 5.56 Å². The summed E-state index contributed by atoms with van der Waals surface area (Å²) >= 11 is 1.54. The summed E-state index contributed by atoms with van der Waals surface area (Å²) in [5.41, 5.74) is 1.62. The second kappa shape index (κ2) is 4.50. The highest BCUT2D eigenvalue weighted by atomic mass is 32.2. The molecule has 0 saturated heterocycles.